The van der Waals surface area contributed by atoms with Crippen molar-refractivity contribution in [2.45, 2.75) is 39.5 Å². The lowest BCUT2D eigenvalue weighted by Crippen LogP contribution is -2.08. The first-order valence-corrected chi connectivity index (χ1v) is 16.3. The van der Waals surface area contributed by atoms with E-state index in [1.54, 1.807) is 0 Å². The van der Waals surface area contributed by atoms with Crippen molar-refractivity contribution >= 4 is 65.3 Å². The van der Waals surface area contributed by atoms with Crippen LogP contribution < -0.4 is 0 Å². The van der Waals surface area contributed by atoms with Gasteiger partial charge in [-0.25, -0.2) is 4.98 Å². The van der Waals surface area contributed by atoms with E-state index in [0.717, 1.165) is 44.4 Å². The zero-order valence-electron chi connectivity index (χ0n) is 26.5. The summed E-state index contributed by atoms with van der Waals surface area (Å²) in [5.74, 6) is 1.57. The maximum atomic E-state index is 6.87. The molecule has 222 valence electrons. The monoisotopic (exact) mass is 594 g/mol. The predicted octanol–water partition coefficient (Wildman–Crippen LogP) is 12.3. The van der Waals surface area contributed by atoms with Gasteiger partial charge in [-0.05, 0) is 74.2 Å². The molecule has 46 heavy (non-hydrogen) atoms. The molecule has 0 bridgehead atoms. The molecule has 0 amide bonds. The molecule has 3 heteroatoms. The van der Waals surface area contributed by atoms with Crippen LogP contribution in [0.25, 0.3) is 82.4 Å². The van der Waals surface area contributed by atoms with E-state index in [2.05, 4.69) is 154 Å². The third kappa shape index (κ3) is 3.88. The van der Waals surface area contributed by atoms with E-state index in [4.69, 9.17) is 9.40 Å². The summed E-state index contributed by atoms with van der Waals surface area (Å²) in [6.07, 6.45) is 0. The fourth-order valence-corrected chi connectivity index (χ4v) is 7.48. The van der Waals surface area contributed by atoms with Crippen LogP contribution in [0.3, 0.4) is 0 Å². The molecule has 0 aliphatic rings. The van der Waals surface area contributed by atoms with Crippen molar-refractivity contribution < 1.29 is 4.42 Å². The number of rotatable bonds is 4. The Kier molecular flexibility index (Phi) is 5.89. The first-order valence-electron chi connectivity index (χ1n) is 16.3. The van der Waals surface area contributed by atoms with Gasteiger partial charge in [0.2, 0.25) is 0 Å². The molecule has 0 aliphatic carbocycles. The minimum atomic E-state index is 0.332. The predicted molar refractivity (Wildman–Crippen MR) is 194 cm³/mol. The van der Waals surface area contributed by atoms with Crippen LogP contribution in [-0.4, -0.2) is 9.55 Å². The highest BCUT2D eigenvalue weighted by atomic mass is 16.3. The zero-order chi connectivity index (χ0) is 31.1. The maximum absolute atomic E-state index is 6.87. The van der Waals surface area contributed by atoms with Gasteiger partial charge < -0.3 is 4.42 Å². The van der Waals surface area contributed by atoms with Crippen molar-refractivity contribution in [1.29, 1.82) is 0 Å². The summed E-state index contributed by atoms with van der Waals surface area (Å²) >= 11 is 0. The van der Waals surface area contributed by atoms with E-state index in [0.29, 0.717) is 11.8 Å². The van der Waals surface area contributed by atoms with Crippen molar-refractivity contribution in [3.63, 3.8) is 0 Å². The largest absolute Gasteiger partial charge is 0.455 e. The summed E-state index contributed by atoms with van der Waals surface area (Å²) in [5.41, 5.74) is 8.73. The van der Waals surface area contributed by atoms with E-state index in [9.17, 15) is 0 Å². The van der Waals surface area contributed by atoms with Gasteiger partial charge in [-0.2, -0.15) is 0 Å². The van der Waals surface area contributed by atoms with Gasteiger partial charge in [0, 0.05) is 16.2 Å². The molecule has 0 saturated carbocycles. The Bertz CT molecular complexity index is 2630. The number of nitrogens with zero attached hydrogens (tertiary/aromatic N) is 2. The van der Waals surface area contributed by atoms with Gasteiger partial charge >= 0.3 is 0 Å². The van der Waals surface area contributed by atoms with Crippen molar-refractivity contribution in [3.8, 4) is 17.1 Å². The fraction of sp³-hybridized carbons (Fsp3) is 0.140. The Morgan fingerprint density at radius 1 is 0.543 bits per heavy atom. The second-order valence-corrected chi connectivity index (χ2v) is 13.2. The van der Waals surface area contributed by atoms with Crippen molar-refractivity contribution in [3.05, 3.63) is 132 Å². The van der Waals surface area contributed by atoms with Crippen LogP contribution >= 0.6 is 0 Å². The highest BCUT2D eigenvalue weighted by Crippen LogP contribution is 2.43. The van der Waals surface area contributed by atoms with Gasteiger partial charge in [-0.15, -0.1) is 0 Å². The molecule has 2 heterocycles. The van der Waals surface area contributed by atoms with E-state index in [1.807, 2.05) is 0 Å². The lowest BCUT2D eigenvalue weighted by Gasteiger charge is -2.23. The molecule has 0 N–H and O–H groups in total. The molecule has 7 aromatic carbocycles. The Labute approximate surface area is 267 Å². The molecule has 9 aromatic rings. The van der Waals surface area contributed by atoms with Gasteiger partial charge in [-0.3, -0.25) is 4.57 Å². The van der Waals surface area contributed by atoms with Crippen molar-refractivity contribution in [1.82, 2.24) is 9.55 Å². The van der Waals surface area contributed by atoms with Crippen LogP contribution in [0.1, 0.15) is 50.7 Å². The van der Waals surface area contributed by atoms with Gasteiger partial charge in [-0.1, -0.05) is 125 Å². The number of fused-ring (bicyclic) bond motifs is 9. The first-order chi connectivity index (χ1) is 22.5. The molecule has 2 aromatic heterocycles. The third-order valence-corrected chi connectivity index (χ3v) is 9.71. The number of imidazole rings is 1. The first kappa shape index (κ1) is 26.9. The Morgan fingerprint density at radius 3 is 1.93 bits per heavy atom. The Balaban J connectivity index is 1.42. The van der Waals surface area contributed by atoms with E-state index >= 15 is 0 Å². The van der Waals surface area contributed by atoms with Crippen LogP contribution in [0, 0.1) is 0 Å². The SMILES string of the molecule is CC(C)c1cccc(C(C)C)c1-n1c(-c2cccc3c2oc2cc4c(ccc5ccccc54)cc23)nc2ccc3ccccc3c21. The normalized spacial score (nSPS) is 12.3. The average Bonchev–Trinajstić information content (AvgIpc) is 3.65. The van der Waals surface area contributed by atoms with Crippen LogP contribution in [0.2, 0.25) is 0 Å². The Morgan fingerprint density at radius 2 is 1.17 bits per heavy atom. The van der Waals surface area contributed by atoms with Crippen LogP contribution in [0.4, 0.5) is 0 Å². The zero-order valence-corrected chi connectivity index (χ0v) is 26.5. The lowest BCUT2D eigenvalue weighted by molar-refractivity contribution is 0.670. The van der Waals surface area contributed by atoms with E-state index in [1.165, 1.54) is 49.1 Å². The summed E-state index contributed by atoms with van der Waals surface area (Å²) in [5, 5.41) is 9.52. The minimum Gasteiger partial charge on any atom is -0.455 e. The fourth-order valence-electron chi connectivity index (χ4n) is 7.48. The number of hydrogen-bond donors (Lipinski definition) is 0. The quantitative estimate of drug-likeness (QED) is 0.190. The summed E-state index contributed by atoms with van der Waals surface area (Å²) < 4.78 is 9.31. The molecule has 0 fully saturated rings. The highest BCUT2D eigenvalue weighted by Gasteiger charge is 2.25. The summed E-state index contributed by atoms with van der Waals surface area (Å²) in [4.78, 5) is 5.43. The number of para-hydroxylation sites is 2. The van der Waals surface area contributed by atoms with E-state index < -0.39 is 0 Å². The molecule has 0 atom stereocenters. The molecular formula is C43H34N2O. The molecule has 0 saturated heterocycles. The Hall–Kier alpha value is -5.41. The van der Waals surface area contributed by atoms with Gasteiger partial charge in [0.15, 0.2) is 0 Å². The number of benzene rings is 7. The van der Waals surface area contributed by atoms with Crippen LogP contribution in [0.5, 0.6) is 0 Å². The smallest absolute Gasteiger partial charge is 0.149 e. The number of hydrogen-bond acceptors (Lipinski definition) is 2. The molecule has 0 unspecified atom stereocenters. The molecule has 0 spiro atoms. The van der Waals surface area contributed by atoms with E-state index in [-0.39, 0.29) is 0 Å². The molecule has 9 rings (SSSR count). The second kappa shape index (κ2) is 10.1. The number of aromatic nitrogens is 2. The molecule has 3 nitrogen and oxygen atoms in total. The van der Waals surface area contributed by atoms with Crippen molar-refractivity contribution in [2.24, 2.45) is 0 Å². The summed E-state index contributed by atoms with van der Waals surface area (Å²) in [6.45, 7) is 9.14. The standard InChI is InChI=1S/C43H34N2O/c1-25(2)30-15-9-16-31(26(3)4)40(30)45-41-33-14-8-6-12-28(33)21-22-38(41)44-43(45)35-18-10-17-34-37-23-29-20-19-27-11-5-7-13-32(27)36(29)24-39(37)46-42(34)35/h5-26H,1-4H3. The maximum Gasteiger partial charge on any atom is 0.149 e. The molecule has 0 aliphatic heterocycles. The minimum absolute atomic E-state index is 0.332. The lowest BCUT2D eigenvalue weighted by atomic mass is 9.92. The highest BCUT2D eigenvalue weighted by molar-refractivity contribution is 6.18. The third-order valence-electron chi connectivity index (χ3n) is 9.71. The molecule has 0 radical (unpaired) electrons. The topological polar surface area (TPSA) is 31.0 Å². The van der Waals surface area contributed by atoms with Crippen LogP contribution in [-0.2, 0) is 0 Å². The van der Waals surface area contributed by atoms with Crippen LogP contribution in [0.15, 0.2) is 126 Å². The van der Waals surface area contributed by atoms with Gasteiger partial charge in [0.1, 0.15) is 17.0 Å². The van der Waals surface area contributed by atoms with Gasteiger partial charge in [0.05, 0.1) is 22.3 Å². The molecular weight excluding hydrogens is 560 g/mol. The average molecular weight is 595 g/mol. The number of furan rings is 1. The van der Waals surface area contributed by atoms with Crippen molar-refractivity contribution in [2.75, 3.05) is 0 Å². The second-order valence-electron chi connectivity index (χ2n) is 13.2. The summed E-state index contributed by atoms with van der Waals surface area (Å²) in [7, 11) is 0. The summed E-state index contributed by atoms with van der Waals surface area (Å²) in [6, 6.07) is 43.8. The van der Waals surface area contributed by atoms with Gasteiger partial charge in [0.25, 0.3) is 0 Å².